The lowest BCUT2D eigenvalue weighted by Crippen LogP contribution is -2.13. The molecule has 2 aromatic heterocycles. The number of amides is 1. The molecule has 1 aromatic carbocycles. The zero-order valence-electron chi connectivity index (χ0n) is 15.5. The summed E-state index contributed by atoms with van der Waals surface area (Å²) in [4.78, 5) is 12.5. The van der Waals surface area contributed by atoms with Gasteiger partial charge < -0.3 is 9.84 Å². The fourth-order valence-electron chi connectivity index (χ4n) is 2.69. The summed E-state index contributed by atoms with van der Waals surface area (Å²) in [5, 5.41) is 12.3. The van der Waals surface area contributed by atoms with E-state index in [0.717, 1.165) is 11.3 Å². The molecule has 3 rings (SSSR count). The van der Waals surface area contributed by atoms with Crippen molar-refractivity contribution in [2.75, 3.05) is 5.32 Å². The van der Waals surface area contributed by atoms with Gasteiger partial charge >= 0.3 is 0 Å². The lowest BCUT2D eigenvalue weighted by Gasteiger charge is -2.07. The molecule has 2 heterocycles. The second kappa shape index (κ2) is 7.74. The van der Waals surface area contributed by atoms with E-state index in [1.165, 1.54) is 0 Å². The molecule has 142 valence electrons. The maximum Gasteiger partial charge on any atom is 0.277 e. The average Bonchev–Trinajstić information content (AvgIpc) is 3.20. The number of hydrogen-bond acceptors (Lipinski definition) is 4. The quantitative estimate of drug-likeness (QED) is 0.630. The van der Waals surface area contributed by atoms with Crippen LogP contribution in [0, 0.1) is 13.8 Å². The normalized spacial score (nSPS) is 11.2. The van der Waals surface area contributed by atoms with Gasteiger partial charge in [0.15, 0.2) is 5.69 Å². The Morgan fingerprint density at radius 2 is 1.96 bits per heavy atom. The largest absolute Gasteiger partial charge is 0.360 e. The number of nitrogens with one attached hydrogen (secondary N) is 1. The van der Waals surface area contributed by atoms with E-state index in [9.17, 15) is 4.79 Å². The van der Waals surface area contributed by atoms with E-state index in [1.807, 2.05) is 38.4 Å². The first-order valence-electron chi connectivity index (χ1n) is 8.52. The van der Waals surface area contributed by atoms with E-state index in [1.54, 1.807) is 18.2 Å². The second-order valence-corrected chi connectivity index (χ2v) is 7.49. The van der Waals surface area contributed by atoms with Gasteiger partial charge in [-0.05, 0) is 31.5 Å². The van der Waals surface area contributed by atoms with Crippen LogP contribution in [-0.4, -0.2) is 20.8 Å². The summed E-state index contributed by atoms with van der Waals surface area (Å²) in [6, 6.07) is 7.11. The Morgan fingerprint density at radius 1 is 1.22 bits per heavy atom. The fraction of sp³-hybridized carbons (Fsp3) is 0.316. The van der Waals surface area contributed by atoms with Crippen molar-refractivity contribution in [2.45, 2.75) is 40.2 Å². The number of rotatable bonds is 5. The minimum absolute atomic E-state index is 0.163. The lowest BCUT2D eigenvalue weighted by atomic mass is 10.1. The fourth-order valence-corrected chi connectivity index (χ4v) is 3.01. The molecule has 0 atom stereocenters. The molecule has 0 aliphatic heterocycles. The van der Waals surface area contributed by atoms with Gasteiger partial charge in [0.1, 0.15) is 5.76 Å². The van der Waals surface area contributed by atoms with Crippen molar-refractivity contribution in [1.82, 2.24) is 14.9 Å². The number of aryl methyl sites for hydroxylation is 1. The van der Waals surface area contributed by atoms with Crippen LogP contribution in [0.3, 0.4) is 0 Å². The predicted octanol–water partition coefficient (Wildman–Crippen LogP) is 5.22. The van der Waals surface area contributed by atoms with Crippen LogP contribution < -0.4 is 5.32 Å². The Labute approximate surface area is 167 Å². The highest BCUT2D eigenvalue weighted by atomic mass is 35.5. The molecule has 0 aliphatic rings. The summed E-state index contributed by atoms with van der Waals surface area (Å²) >= 11 is 12.0. The van der Waals surface area contributed by atoms with Crippen molar-refractivity contribution in [2.24, 2.45) is 0 Å². The molecule has 3 aromatic rings. The summed E-state index contributed by atoms with van der Waals surface area (Å²) in [7, 11) is 0. The van der Waals surface area contributed by atoms with E-state index in [-0.39, 0.29) is 17.5 Å². The summed E-state index contributed by atoms with van der Waals surface area (Å²) in [6.45, 7) is 8.21. The molecule has 8 heteroatoms. The predicted molar refractivity (Wildman–Crippen MR) is 106 cm³/mol. The van der Waals surface area contributed by atoms with E-state index in [4.69, 9.17) is 27.7 Å². The Kier molecular flexibility index (Phi) is 5.58. The summed E-state index contributed by atoms with van der Waals surface area (Å²) in [5.74, 6) is 0.506. The number of anilines is 1. The van der Waals surface area contributed by atoms with Crippen LogP contribution in [0.2, 0.25) is 10.0 Å². The van der Waals surface area contributed by atoms with Crippen LogP contribution in [0.4, 0.5) is 5.69 Å². The van der Waals surface area contributed by atoms with E-state index >= 15 is 0 Å². The molecule has 0 spiro atoms. The Hall–Kier alpha value is -2.31. The summed E-state index contributed by atoms with van der Waals surface area (Å²) in [5.41, 5.74) is 3.42. The van der Waals surface area contributed by atoms with Gasteiger partial charge in [-0.25, -0.2) is 0 Å². The van der Waals surface area contributed by atoms with Crippen LogP contribution in [-0.2, 0) is 6.54 Å². The summed E-state index contributed by atoms with van der Waals surface area (Å²) < 4.78 is 7.01. The Morgan fingerprint density at radius 3 is 2.59 bits per heavy atom. The van der Waals surface area contributed by atoms with Crippen LogP contribution in [0.25, 0.3) is 0 Å². The molecule has 0 radical (unpaired) electrons. The SMILES string of the molecule is Cc1nn(Cc2ccc(Cl)c(Cl)c2)c(C)c1NC(=O)c1cc(C(C)C)on1. The first-order valence-corrected chi connectivity index (χ1v) is 9.27. The van der Waals surface area contributed by atoms with Gasteiger partial charge in [-0.1, -0.05) is 48.3 Å². The molecular weight excluding hydrogens is 387 g/mol. The van der Waals surface area contributed by atoms with Crippen molar-refractivity contribution in [3.05, 3.63) is 62.7 Å². The standard InChI is InChI=1S/C19H20Cl2N4O2/c1-10(2)17-8-16(24-27-17)19(26)22-18-11(3)23-25(12(18)4)9-13-5-6-14(20)15(21)7-13/h5-8,10H,9H2,1-4H3,(H,22,26). The molecule has 1 N–H and O–H groups in total. The number of aromatic nitrogens is 3. The minimum atomic E-state index is -0.328. The number of carbonyl (C=O) groups is 1. The molecule has 1 amide bonds. The molecule has 0 fully saturated rings. The first-order chi connectivity index (χ1) is 12.8. The van der Waals surface area contributed by atoms with Crippen molar-refractivity contribution in [3.8, 4) is 0 Å². The van der Waals surface area contributed by atoms with Gasteiger partial charge in [0.2, 0.25) is 0 Å². The molecule has 0 saturated heterocycles. The number of nitrogens with zero attached hydrogens (tertiary/aromatic N) is 3. The Balaban J connectivity index is 1.80. The maximum absolute atomic E-state index is 12.5. The molecule has 0 unspecified atom stereocenters. The van der Waals surface area contributed by atoms with Crippen molar-refractivity contribution < 1.29 is 9.32 Å². The van der Waals surface area contributed by atoms with Crippen molar-refractivity contribution in [3.63, 3.8) is 0 Å². The third-order valence-corrected chi connectivity index (χ3v) is 5.01. The monoisotopic (exact) mass is 406 g/mol. The topological polar surface area (TPSA) is 73.0 Å². The maximum atomic E-state index is 12.5. The van der Waals surface area contributed by atoms with Crippen molar-refractivity contribution >= 4 is 34.8 Å². The van der Waals surface area contributed by atoms with Crippen LogP contribution in [0.5, 0.6) is 0 Å². The van der Waals surface area contributed by atoms with Gasteiger partial charge in [0.25, 0.3) is 5.91 Å². The van der Waals surface area contributed by atoms with Gasteiger partial charge in [0.05, 0.1) is 33.7 Å². The van der Waals surface area contributed by atoms with Gasteiger partial charge in [-0.2, -0.15) is 5.10 Å². The number of hydrogen-bond donors (Lipinski definition) is 1. The molecule has 0 aliphatic carbocycles. The number of halogens is 2. The van der Waals surface area contributed by atoms with Crippen LogP contribution in [0.1, 0.15) is 53.0 Å². The third kappa shape index (κ3) is 4.17. The molecular formula is C19H20Cl2N4O2. The number of carbonyl (C=O) groups excluding carboxylic acids is 1. The van der Waals surface area contributed by atoms with E-state index in [2.05, 4.69) is 15.6 Å². The van der Waals surface area contributed by atoms with Crippen LogP contribution >= 0.6 is 23.2 Å². The zero-order valence-corrected chi connectivity index (χ0v) is 17.0. The zero-order chi connectivity index (χ0) is 19.7. The summed E-state index contributed by atoms with van der Waals surface area (Å²) in [6.07, 6.45) is 0. The molecule has 6 nitrogen and oxygen atoms in total. The van der Waals surface area contributed by atoms with E-state index in [0.29, 0.717) is 33.7 Å². The molecule has 0 saturated carbocycles. The smallest absolute Gasteiger partial charge is 0.277 e. The highest BCUT2D eigenvalue weighted by Gasteiger charge is 2.19. The van der Waals surface area contributed by atoms with Gasteiger partial charge in [-0.15, -0.1) is 0 Å². The lowest BCUT2D eigenvalue weighted by molar-refractivity contribution is 0.101. The van der Waals surface area contributed by atoms with Gasteiger partial charge in [-0.3, -0.25) is 9.48 Å². The molecule has 27 heavy (non-hydrogen) atoms. The third-order valence-electron chi connectivity index (χ3n) is 4.27. The average molecular weight is 407 g/mol. The minimum Gasteiger partial charge on any atom is -0.360 e. The van der Waals surface area contributed by atoms with Gasteiger partial charge in [0, 0.05) is 12.0 Å². The van der Waals surface area contributed by atoms with Crippen molar-refractivity contribution in [1.29, 1.82) is 0 Å². The Bertz CT molecular complexity index is 992. The highest BCUT2D eigenvalue weighted by molar-refractivity contribution is 6.42. The molecule has 0 bridgehead atoms. The highest BCUT2D eigenvalue weighted by Crippen LogP contribution is 2.25. The first kappa shape index (κ1) is 19.5. The second-order valence-electron chi connectivity index (χ2n) is 6.68. The van der Waals surface area contributed by atoms with Crippen LogP contribution in [0.15, 0.2) is 28.8 Å². The van der Waals surface area contributed by atoms with E-state index < -0.39 is 0 Å². The number of benzene rings is 1.